The van der Waals surface area contributed by atoms with Crippen molar-refractivity contribution >= 4 is 14.7 Å². The van der Waals surface area contributed by atoms with E-state index in [2.05, 4.69) is 44.8 Å². The lowest BCUT2D eigenvalue weighted by Gasteiger charge is -2.14. The maximum absolute atomic E-state index is 5.76. The van der Waals surface area contributed by atoms with Crippen molar-refractivity contribution in [3.05, 3.63) is 36.4 Å². The topological polar surface area (TPSA) is 47.9 Å². The van der Waals surface area contributed by atoms with E-state index in [0.717, 1.165) is 70.9 Å². The van der Waals surface area contributed by atoms with Crippen molar-refractivity contribution in [2.75, 3.05) is 13.2 Å². The van der Waals surface area contributed by atoms with Gasteiger partial charge in [0.15, 0.2) is 0 Å². The molecule has 2 heterocycles. The summed E-state index contributed by atoms with van der Waals surface area (Å²) in [6.45, 7) is 11.2. The van der Waals surface area contributed by atoms with Gasteiger partial charge in [-0.2, -0.15) is 0 Å². The molecule has 0 N–H and O–H groups in total. The quantitative estimate of drug-likeness (QED) is 0.0964. The second kappa shape index (κ2) is 22.1. The third kappa shape index (κ3) is 15.7. The van der Waals surface area contributed by atoms with Crippen LogP contribution in [0.15, 0.2) is 30.7 Å². The SMILES string of the molecule is CCCCCCOCCCCc1cnc(-c2ncccc2[Si]CCCC(C)CCCC(C)CCCCC)cn1. The van der Waals surface area contributed by atoms with Gasteiger partial charge in [0.2, 0.25) is 0 Å². The number of nitrogens with zero attached hydrogens (tertiary/aromatic N) is 3. The first-order valence-corrected chi connectivity index (χ1v) is 17.4. The Morgan fingerprint density at radius 2 is 1.41 bits per heavy atom. The predicted molar refractivity (Wildman–Crippen MR) is 169 cm³/mol. The maximum atomic E-state index is 5.76. The first kappa shape index (κ1) is 33.6. The van der Waals surface area contributed by atoms with Crippen LogP contribution in [0.2, 0.25) is 6.04 Å². The Morgan fingerprint density at radius 1 is 0.718 bits per heavy atom. The molecule has 0 saturated heterocycles. The van der Waals surface area contributed by atoms with E-state index in [9.17, 15) is 0 Å². The van der Waals surface area contributed by atoms with E-state index < -0.39 is 0 Å². The summed E-state index contributed by atoms with van der Waals surface area (Å²) < 4.78 is 5.76. The molecule has 0 amide bonds. The molecule has 0 aliphatic carbocycles. The van der Waals surface area contributed by atoms with Gasteiger partial charge in [0.1, 0.15) is 5.69 Å². The zero-order valence-corrected chi connectivity index (χ0v) is 26.7. The van der Waals surface area contributed by atoms with Gasteiger partial charge in [0.05, 0.1) is 27.1 Å². The Morgan fingerprint density at radius 3 is 2.13 bits per heavy atom. The van der Waals surface area contributed by atoms with Gasteiger partial charge < -0.3 is 4.74 Å². The normalized spacial score (nSPS) is 13.0. The highest BCUT2D eigenvalue weighted by Gasteiger charge is 2.10. The smallest absolute Gasteiger partial charge is 0.107 e. The third-order valence-corrected chi connectivity index (χ3v) is 9.14. The minimum Gasteiger partial charge on any atom is -0.381 e. The Kier molecular flexibility index (Phi) is 19.1. The summed E-state index contributed by atoms with van der Waals surface area (Å²) >= 11 is 0. The number of pyridine rings is 1. The van der Waals surface area contributed by atoms with Crippen LogP contribution in [0.5, 0.6) is 0 Å². The molecule has 2 atom stereocenters. The van der Waals surface area contributed by atoms with Crippen molar-refractivity contribution in [2.45, 2.75) is 136 Å². The van der Waals surface area contributed by atoms with Crippen LogP contribution in [-0.2, 0) is 11.2 Å². The highest BCUT2D eigenvalue weighted by Crippen LogP contribution is 2.21. The number of hydrogen-bond donors (Lipinski definition) is 0. The highest BCUT2D eigenvalue weighted by atomic mass is 28.2. The summed E-state index contributed by atoms with van der Waals surface area (Å²) in [7, 11) is 0.779. The number of aryl methyl sites for hydroxylation is 1. The number of aromatic nitrogens is 3. The summed E-state index contributed by atoms with van der Waals surface area (Å²) in [6, 6.07) is 5.52. The molecule has 0 saturated carbocycles. The van der Waals surface area contributed by atoms with E-state index in [-0.39, 0.29) is 0 Å². The van der Waals surface area contributed by atoms with E-state index in [4.69, 9.17) is 14.7 Å². The van der Waals surface area contributed by atoms with Crippen molar-refractivity contribution in [1.29, 1.82) is 0 Å². The molecule has 0 aromatic carbocycles. The lowest BCUT2D eigenvalue weighted by Crippen LogP contribution is -2.18. The lowest BCUT2D eigenvalue weighted by atomic mass is 9.93. The highest BCUT2D eigenvalue weighted by molar-refractivity contribution is 6.55. The van der Waals surface area contributed by atoms with E-state index >= 15 is 0 Å². The molecule has 0 aliphatic heterocycles. The average Bonchev–Trinajstić information content (AvgIpc) is 2.95. The number of unbranched alkanes of at least 4 members (excludes halogenated alkanes) is 6. The zero-order chi connectivity index (χ0) is 28.0. The van der Waals surface area contributed by atoms with Crippen LogP contribution in [0, 0.1) is 11.8 Å². The molecule has 2 rings (SSSR count). The van der Waals surface area contributed by atoms with E-state index in [0.29, 0.717) is 0 Å². The molecule has 0 spiro atoms. The van der Waals surface area contributed by atoms with E-state index in [1.54, 1.807) is 0 Å². The van der Waals surface area contributed by atoms with Crippen LogP contribution in [0.4, 0.5) is 0 Å². The molecular formula is C34H57N3OSi. The third-order valence-electron chi connectivity index (χ3n) is 7.75. The van der Waals surface area contributed by atoms with Crippen molar-refractivity contribution in [3.63, 3.8) is 0 Å². The average molecular weight is 552 g/mol. The summed E-state index contributed by atoms with van der Waals surface area (Å²) in [6.07, 6.45) is 26.3. The number of hydrogen-bond acceptors (Lipinski definition) is 4. The molecule has 0 aliphatic rings. The first-order chi connectivity index (χ1) is 19.1. The second-order valence-corrected chi connectivity index (χ2v) is 13.0. The monoisotopic (exact) mass is 551 g/mol. The largest absolute Gasteiger partial charge is 0.381 e. The molecule has 0 fully saturated rings. The Hall–Kier alpha value is -1.59. The predicted octanol–water partition coefficient (Wildman–Crippen LogP) is 9.01. The van der Waals surface area contributed by atoms with E-state index in [1.165, 1.54) is 94.7 Å². The fraction of sp³-hybridized carbons (Fsp3) is 0.735. The molecule has 0 bridgehead atoms. The molecule has 5 heteroatoms. The fourth-order valence-corrected chi connectivity index (χ4v) is 6.35. The molecule has 2 radical (unpaired) electrons. The Balaban J connectivity index is 1.65. The van der Waals surface area contributed by atoms with Gasteiger partial charge in [-0.25, -0.2) is 0 Å². The summed E-state index contributed by atoms with van der Waals surface area (Å²) in [5, 5.41) is 1.32. The van der Waals surface area contributed by atoms with Crippen molar-refractivity contribution < 1.29 is 4.74 Å². The van der Waals surface area contributed by atoms with Gasteiger partial charge in [0.25, 0.3) is 0 Å². The van der Waals surface area contributed by atoms with Gasteiger partial charge in [-0.15, -0.1) is 0 Å². The van der Waals surface area contributed by atoms with Gasteiger partial charge in [-0.1, -0.05) is 117 Å². The van der Waals surface area contributed by atoms with Crippen molar-refractivity contribution in [2.24, 2.45) is 11.8 Å². The lowest BCUT2D eigenvalue weighted by molar-refractivity contribution is 0.126. The second-order valence-electron chi connectivity index (χ2n) is 11.6. The minimum atomic E-state index is 0.779. The maximum Gasteiger partial charge on any atom is 0.107 e. The van der Waals surface area contributed by atoms with Crippen molar-refractivity contribution in [3.8, 4) is 11.4 Å². The summed E-state index contributed by atoms with van der Waals surface area (Å²) in [5.74, 6) is 1.73. The van der Waals surface area contributed by atoms with Crippen LogP contribution in [-0.4, -0.2) is 37.7 Å². The number of ether oxygens (including phenoxy) is 1. The summed E-state index contributed by atoms with van der Waals surface area (Å²) in [5.41, 5.74) is 2.97. The van der Waals surface area contributed by atoms with Gasteiger partial charge >= 0.3 is 0 Å². The molecule has 2 aromatic rings. The van der Waals surface area contributed by atoms with E-state index in [1.807, 2.05) is 18.6 Å². The summed E-state index contributed by atoms with van der Waals surface area (Å²) in [4.78, 5) is 14.1. The molecule has 218 valence electrons. The molecule has 2 aromatic heterocycles. The standard InChI is InChI=1S/C34H57N3OSi/c1-5-7-9-12-24-38-25-13-11-21-31-27-37-32(28-36-31)34-33(22-15-23-35-34)39-26-16-20-30(4)19-14-18-29(3)17-10-8-6-2/h15,22-23,27-30H,5-14,16-21,24-26H2,1-4H3. The van der Waals surface area contributed by atoms with Crippen LogP contribution in [0.25, 0.3) is 11.4 Å². The molecule has 2 unspecified atom stereocenters. The molecule has 39 heavy (non-hydrogen) atoms. The number of rotatable bonds is 24. The first-order valence-electron chi connectivity index (χ1n) is 16.2. The van der Waals surface area contributed by atoms with Crippen LogP contribution < -0.4 is 5.19 Å². The van der Waals surface area contributed by atoms with Gasteiger partial charge in [0, 0.05) is 25.6 Å². The minimum absolute atomic E-state index is 0.779. The Bertz CT molecular complexity index is 845. The van der Waals surface area contributed by atoms with Crippen LogP contribution in [0.3, 0.4) is 0 Å². The van der Waals surface area contributed by atoms with Crippen LogP contribution in [0.1, 0.15) is 130 Å². The fourth-order valence-electron chi connectivity index (χ4n) is 5.12. The molecular weight excluding hydrogens is 494 g/mol. The molecule has 4 nitrogen and oxygen atoms in total. The Labute approximate surface area is 243 Å². The van der Waals surface area contributed by atoms with Gasteiger partial charge in [-0.05, 0) is 48.8 Å². The van der Waals surface area contributed by atoms with Crippen LogP contribution >= 0.6 is 0 Å². The zero-order valence-electron chi connectivity index (χ0n) is 25.7. The van der Waals surface area contributed by atoms with Gasteiger partial charge in [-0.3, -0.25) is 15.0 Å². The van der Waals surface area contributed by atoms with Crippen molar-refractivity contribution in [1.82, 2.24) is 15.0 Å².